The van der Waals surface area contributed by atoms with Gasteiger partial charge in [0, 0.05) is 19.7 Å². The maximum absolute atomic E-state index is 12.3. The highest BCUT2D eigenvalue weighted by molar-refractivity contribution is 5.77. The van der Waals surface area contributed by atoms with Gasteiger partial charge in [0.15, 0.2) is 0 Å². The van der Waals surface area contributed by atoms with Crippen LogP contribution in [0.3, 0.4) is 0 Å². The van der Waals surface area contributed by atoms with E-state index >= 15 is 0 Å². The second-order valence-electron chi connectivity index (χ2n) is 5.26. The Morgan fingerprint density at radius 3 is 2.45 bits per heavy atom. The van der Waals surface area contributed by atoms with E-state index in [0.717, 1.165) is 25.7 Å². The summed E-state index contributed by atoms with van der Waals surface area (Å²) < 4.78 is 5.26. The van der Waals surface area contributed by atoms with E-state index in [2.05, 4.69) is 5.32 Å². The Labute approximate surface area is 120 Å². The third-order valence-corrected chi connectivity index (χ3v) is 3.80. The van der Waals surface area contributed by atoms with E-state index in [9.17, 15) is 9.59 Å². The van der Waals surface area contributed by atoms with Crippen LogP contribution >= 0.6 is 0 Å². The lowest BCUT2D eigenvalue weighted by Crippen LogP contribution is -2.53. The number of nitrogens with one attached hydrogen (secondary N) is 1. The van der Waals surface area contributed by atoms with Gasteiger partial charge in [0.1, 0.15) is 0 Å². The summed E-state index contributed by atoms with van der Waals surface area (Å²) in [6.07, 6.45) is 3.43. The topological polar surface area (TPSA) is 78.9 Å². The molecule has 1 rings (SSSR count). The maximum atomic E-state index is 12.3. The molecule has 6 nitrogen and oxygen atoms in total. The highest BCUT2D eigenvalue weighted by Crippen LogP contribution is 2.32. The molecule has 0 spiro atoms. The molecular weight excluding hydrogens is 260 g/mol. The van der Waals surface area contributed by atoms with Crippen molar-refractivity contribution in [3.8, 4) is 0 Å². The Morgan fingerprint density at radius 1 is 1.30 bits per heavy atom. The number of carbonyl (C=O) groups is 2. The smallest absolute Gasteiger partial charge is 0.317 e. The Hall–Kier alpha value is -1.30. The van der Waals surface area contributed by atoms with E-state index in [1.807, 2.05) is 13.8 Å². The first-order chi connectivity index (χ1) is 9.53. The van der Waals surface area contributed by atoms with E-state index in [-0.39, 0.29) is 12.5 Å². The molecule has 1 aliphatic carbocycles. The Balaban J connectivity index is 2.57. The molecule has 1 fully saturated rings. The standard InChI is InChI=1S/C14H26N2O4/c1-3-16(9-10-20-4-2)13(19)15-14(11-12(17)18)7-5-6-8-14/h3-11H2,1-2H3,(H,15,19)(H,17,18). The predicted molar refractivity (Wildman–Crippen MR) is 75.7 cm³/mol. The fourth-order valence-corrected chi connectivity index (χ4v) is 2.72. The summed E-state index contributed by atoms with van der Waals surface area (Å²) in [5.74, 6) is -0.857. The molecule has 1 saturated carbocycles. The van der Waals surface area contributed by atoms with E-state index in [0.29, 0.717) is 26.3 Å². The minimum atomic E-state index is -0.857. The number of carboxylic acid groups (broad SMARTS) is 1. The van der Waals surface area contributed by atoms with Crippen LogP contribution in [-0.2, 0) is 9.53 Å². The van der Waals surface area contributed by atoms with Crippen LogP contribution in [0.25, 0.3) is 0 Å². The molecule has 0 aromatic carbocycles. The van der Waals surface area contributed by atoms with Gasteiger partial charge in [-0.15, -0.1) is 0 Å². The quantitative estimate of drug-likeness (QED) is 0.667. The van der Waals surface area contributed by atoms with Crippen molar-refractivity contribution in [1.29, 1.82) is 0 Å². The summed E-state index contributed by atoms with van der Waals surface area (Å²) in [7, 11) is 0. The molecular formula is C14H26N2O4. The third kappa shape index (κ3) is 5.00. The number of carbonyl (C=O) groups excluding carboxylic acids is 1. The van der Waals surface area contributed by atoms with Gasteiger partial charge in [0.2, 0.25) is 0 Å². The van der Waals surface area contributed by atoms with Gasteiger partial charge in [-0.2, -0.15) is 0 Å². The summed E-state index contributed by atoms with van der Waals surface area (Å²) in [5, 5.41) is 12.0. The lowest BCUT2D eigenvalue weighted by molar-refractivity contribution is -0.138. The largest absolute Gasteiger partial charge is 0.481 e. The van der Waals surface area contributed by atoms with E-state index in [1.54, 1.807) is 4.90 Å². The molecule has 0 bridgehead atoms. The number of aliphatic carboxylic acids is 1. The van der Waals surface area contributed by atoms with Gasteiger partial charge in [-0.1, -0.05) is 12.8 Å². The maximum Gasteiger partial charge on any atom is 0.317 e. The predicted octanol–water partition coefficient (Wildman–Crippen LogP) is 1.84. The van der Waals surface area contributed by atoms with Gasteiger partial charge in [-0.25, -0.2) is 4.79 Å². The highest BCUT2D eigenvalue weighted by Gasteiger charge is 2.38. The van der Waals surface area contributed by atoms with Gasteiger partial charge in [0.05, 0.1) is 18.6 Å². The molecule has 116 valence electrons. The molecule has 0 aliphatic heterocycles. The number of likely N-dealkylation sites (N-methyl/N-ethyl adjacent to an activating group) is 1. The Morgan fingerprint density at radius 2 is 1.95 bits per heavy atom. The molecule has 2 amide bonds. The number of hydrogen-bond acceptors (Lipinski definition) is 3. The average molecular weight is 286 g/mol. The SMILES string of the molecule is CCOCCN(CC)C(=O)NC1(CC(=O)O)CCCC1. The zero-order valence-corrected chi connectivity index (χ0v) is 12.5. The van der Waals surface area contributed by atoms with Gasteiger partial charge >= 0.3 is 12.0 Å². The average Bonchev–Trinajstić information content (AvgIpc) is 2.81. The summed E-state index contributed by atoms with van der Waals surface area (Å²) in [5.41, 5.74) is -0.568. The zero-order valence-electron chi connectivity index (χ0n) is 12.5. The molecule has 0 radical (unpaired) electrons. The van der Waals surface area contributed by atoms with Crippen molar-refractivity contribution in [1.82, 2.24) is 10.2 Å². The third-order valence-electron chi connectivity index (χ3n) is 3.80. The number of nitrogens with zero attached hydrogens (tertiary/aromatic N) is 1. The minimum absolute atomic E-state index is 0.00174. The van der Waals surface area contributed by atoms with Crippen LogP contribution in [0.4, 0.5) is 4.79 Å². The molecule has 0 aromatic heterocycles. The summed E-state index contributed by atoms with van der Waals surface area (Å²) in [4.78, 5) is 24.9. The second kappa shape index (κ2) is 8.09. The molecule has 2 N–H and O–H groups in total. The van der Waals surface area contributed by atoms with Crippen LogP contribution in [0, 0.1) is 0 Å². The minimum Gasteiger partial charge on any atom is -0.481 e. The number of rotatable bonds is 8. The Kier molecular flexibility index (Phi) is 6.78. The molecule has 0 heterocycles. The second-order valence-corrected chi connectivity index (χ2v) is 5.26. The molecule has 0 atom stereocenters. The molecule has 0 aromatic rings. The fraction of sp³-hybridized carbons (Fsp3) is 0.857. The fourth-order valence-electron chi connectivity index (χ4n) is 2.72. The lowest BCUT2D eigenvalue weighted by Gasteiger charge is -2.32. The van der Waals surface area contributed by atoms with E-state index in [1.165, 1.54) is 0 Å². The van der Waals surface area contributed by atoms with Crippen molar-refractivity contribution in [3.05, 3.63) is 0 Å². The summed E-state index contributed by atoms with van der Waals surface area (Å²) in [6, 6.07) is -0.185. The van der Waals surface area contributed by atoms with Crippen LogP contribution in [0.1, 0.15) is 46.0 Å². The summed E-state index contributed by atoms with van der Waals surface area (Å²) >= 11 is 0. The monoisotopic (exact) mass is 286 g/mol. The lowest BCUT2D eigenvalue weighted by atomic mass is 9.93. The summed E-state index contributed by atoms with van der Waals surface area (Å²) in [6.45, 7) is 6.06. The van der Waals surface area contributed by atoms with Gasteiger partial charge in [-0.3, -0.25) is 4.79 Å². The molecule has 6 heteroatoms. The molecule has 0 saturated heterocycles. The zero-order chi connectivity index (χ0) is 15.0. The van der Waals surface area contributed by atoms with Crippen molar-refractivity contribution in [2.45, 2.75) is 51.5 Å². The molecule has 1 aliphatic rings. The van der Waals surface area contributed by atoms with E-state index < -0.39 is 11.5 Å². The highest BCUT2D eigenvalue weighted by atomic mass is 16.5. The first-order valence-corrected chi connectivity index (χ1v) is 7.39. The number of amides is 2. The molecule has 20 heavy (non-hydrogen) atoms. The van der Waals surface area contributed by atoms with Crippen molar-refractivity contribution >= 4 is 12.0 Å². The van der Waals surface area contributed by atoms with Crippen molar-refractivity contribution in [2.24, 2.45) is 0 Å². The van der Waals surface area contributed by atoms with Gasteiger partial charge in [0.25, 0.3) is 0 Å². The van der Waals surface area contributed by atoms with Crippen molar-refractivity contribution < 1.29 is 19.4 Å². The van der Waals surface area contributed by atoms with Crippen LogP contribution in [-0.4, -0.2) is 53.8 Å². The number of carboxylic acids is 1. The normalized spacial score (nSPS) is 16.9. The molecule has 0 unspecified atom stereocenters. The van der Waals surface area contributed by atoms with Crippen molar-refractivity contribution in [2.75, 3.05) is 26.3 Å². The number of hydrogen-bond donors (Lipinski definition) is 2. The van der Waals surface area contributed by atoms with Gasteiger partial charge in [-0.05, 0) is 26.7 Å². The van der Waals surface area contributed by atoms with Crippen LogP contribution in [0.2, 0.25) is 0 Å². The van der Waals surface area contributed by atoms with Gasteiger partial charge < -0.3 is 20.1 Å². The number of ether oxygens (including phenoxy) is 1. The Bertz CT molecular complexity index is 327. The van der Waals surface area contributed by atoms with Crippen molar-refractivity contribution in [3.63, 3.8) is 0 Å². The number of urea groups is 1. The van der Waals surface area contributed by atoms with Crippen LogP contribution in [0.15, 0.2) is 0 Å². The van der Waals surface area contributed by atoms with E-state index in [4.69, 9.17) is 9.84 Å². The first kappa shape index (κ1) is 16.8. The van der Waals surface area contributed by atoms with Crippen LogP contribution in [0.5, 0.6) is 0 Å². The first-order valence-electron chi connectivity index (χ1n) is 7.39. The van der Waals surface area contributed by atoms with Crippen LogP contribution < -0.4 is 5.32 Å².